The van der Waals surface area contributed by atoms with Crippen LogP contribution in [0.2, 0.25) is 0 Å². The number of hydrazone groups is 1. The SMILES string of the molecule is Nc1nonc1N/N=C/c1ccccc1F. The minimum Gasteiger partial charge on any atom is -0.378 e. The number of nitrogens with two attached hydrogens (primary N) is 1. The lowest BCUT2D eigenvalue weighted by Crippen LogP contribution is -1.96. The molecule has 1 heterocycles. The van der Waals surface area contributed by atoms with Gasteiger partial charge in [-0.15, -0.1) is 0 Å². The van der Waals surface area contributed by atoms with E-state index in [4.69, 9.17) is 5.73 Å². The van der Waals surface area contributed by atoms with Crippen molar-refractivity contribution in [2.45, 2.75) is 0 Å². The molecule has 3 N–H and O–H groups in total. The smallest absolute Gasteiger partial charge is 0.235 e. The number of nitrogen functional groups attached to an aromatic ring is 1. The number of rotatable bonds is 3. The summed E-state index contributed by atoms with van der Waals surface area (Å²) in [6.45, 7) is 0. The molecule has 0 aliphatic rings. The van der Waals surface area contributed by atoms with E-state index in [0.717, 1.165) is 0 Å². The van der Waals surface area contributed by atoms with Gasteiger partial charge in [-0.3, -0.25) is 5.43 Å². The molecule has 82 valence electrons. The summed E-state index contributed by atoms with van der Waals surface area (Å²) >= 11 is 0. The summed E-state index contributed by atoms with van der Waals surface area (Å²) in [6.07, 6.45) is 1.31. The molecular formula is C9H8FN5O. The van der Waals surface area contributed by atoms with Crippen LogP contribution in [0.15, 0.2) is 34.0 Å². The van der Waals surface area contributed by atoms with Crippen LogP contribution in [0.5, 0.6) is 0 Å². The van der Waals surface area contributed by atoms with Crippen LogP contribution >= 0.6 is 0 Å². The van der Waals surface area contributed by atoms with Crippen molar-refractivity contribution in [3.63, 3.8) is 0 Å². The van der Waals surface area contributed by atoms with Crippen LogP contribution in [-0.2, 0) is 0 Å². The molecule has 1 aromatic carbocycles. The van der Waals surface area contributed by atoms with Gasteiger partial charge in [-0.25, -0.2) is 9.02 Å². The first-order valence-corrected chi connectivity index (χ1v) is 4.39. The number of anilines is 2. The molecule has 2 rings (SSSR count). The summed E-state index contributed by atoms with van der Waals surface area (Å²) in [7, 11) is 0. The predicted octanol–water partition coefficient (Wildman–Crippen LogP) is 1.24. The van der Waals surface area contributed by atoms with Gasteiger partial charge in [-0.2, -0.15) is 5.10 Å². The first-order valence-electron chi connectivity index (χ1n) is 4.39. The van der Waals surface area contributed by atoms with Gasteiger partial charge in [0.25, 0.3) is 0 Å². The van der Waals surface area contributed by atoms with Gasteiger partial charge in [0.2, 0.25) is 11.6 Å². The van der Waals surface area contributed by atoms with Crippen LogP contribution in [0, 0.1) is 5.82 Å². The zero-order valence-corrected chi connectivity index (χ0v) is 8.09. The number of nitrogens with one attached hydrogen (secondary N) is 1. The highest BCUT2D eigenvalue weighted by Crippen LogP contribution is 2.10. The molecule has 0 amide bonds. The highest BCUT2D eigenvalue weighted by atomic mass is 19.1. The first-order chi connectivity index (χ1) is 7.77. The van der Waals surface area contributed by atoms with Crippen molar-refractivity contribution >= 4 is 17.9 Å². The van der Waals surface area contributed by atoms with E-state index in [-0.39, 0.29) is 17.5 Å². The van der Waals surface area contributed by atoms with E-state index < -0.39 is 0 Å². The Morgan fingerprint density at radius 1 is 1.38 bits per heavy atom. The molecule has 0 spiro atoms. The summed E-state index contributed by atoms with van der Waals surface area (Å²) in [6, 6.07) is 6.23. The third-order valence-corrected chi connectivity index (χ3v) is 1.79. The summed E-state index contributed by atoms with van der Waals surface area (Å²) in [5.41, 5.74) is 8.20. The van der Waals surface area contributed by atoms with Gasteiger partial charge in [0.15, 0.2) is 0 Å². The molecule has 0 aliphatic carbocycles. The molecule has 0 atom stereocenters. The second kappa shape index (κ2) is 4.39. The van der Waals surface area contributed by atoms with E-state index in [2.05, 4.69) is 25.5 Å². The zero-order valence-electron chi connectivity index (χ0n) is 8.09. The summed E-state index contributed by atoms with van der Waals surface area (Å²) in [5.74, 6) is -0.0856. The fourth-order valence-electron chi connectivity index (χ4n) is 1.02. The van der Waals surface area contributed by atoms with E-state index in [1.54, 1.807) is 18.2 Å². The summed E-state index contributed by atoms with van der Waals surface area (Å²) in [5, 5.41) is 10.5. The van der Waals surface area contributed by atoms with E-state index in [0.29, 0.717) is 5.56 Å². The Balaban J connectivity index is 2.06. The Bertz CT molecular complexity index is 510. The topological polar surface area (TPSA) is 89.3 Å². The standard InChI is InChI=1S/C9H8FN5O/c10-7-4-2-1-3-6(7)5-12-13-9-8(11)14-16-15-9/h1-5H,(H2,11,14)(H,13,15)/b12-5+. The lowest BCUT2D eigenvalue weighted by atomic mass is 10.2. The van der Waals surface area contributed by atoms with E-state index >= 15 is 0 Å². The van der Waals surface area contributed by atoms with Gasteiger partial charge in [-0.05, 0) is 16.4 Å². The third kappa shape index (κ3) is 2.14. The molecule has 0 unspecified atom stereocenters. The largest absolute Gasteiger partial charge is 0.378 e. The van der Waals surface area contributed by atoms with E-state index in [9.17, 15) is 4.39 Å². The maximum absolute atomic E-state index is 13.1. The van der Waals surface area contributed by atoms with Gasteiger partial charge in [0.05, 0.1) is 6.21 Å². The average molecular weight is 221 g/mol. The van der Waals surface area contributed by atoms with Gasteiger partial charge in [-0.1, -0.05) is 18.2 Å². The molecule has 1 aromatic heterocycles. The predicted molar refractivity (Wildman–Crippen MR) is 56.3 cm³/mol. The van der Waals surface area contributed by atoms with Gasteiger partial charge in [0, 0.05) is 5.56 Å². The second-order valence-electron chi connectivity index (χ2n) is 2.89. The molecule has 0 saturated carbocycles. The molecule has 0 aliphatic heterocycles. The zero-order chi connectivity index (χ0) is 11.4. The van der Waals surface area contributed by atoms with Crippen LogP contribution in [0.1, 0.15) is 5.56 Å². The minimum absolute atomic E-state index is 0.0886. The first kappa shape index (κ1) is 10.1. The normalized spacial score (nSPS) is 10.8. The van der Waals surface area contributed by atoms with E-state index in [1.807, 2.05) is 0 Å². The Labute approximate surface area is 89.9 Å². The maximum Gasteiger partial charge on any atom is 0.235 e. The van der Waals surface area contributed by atoms with Crippen molar-refractivity contribution in [2.75, 3.05) is 11.2 Å². The highest BCUT2D eigenvalue weighted by Gasteiger charge is 2.03. The van der Waals surface area contributed by atoms with Crippen molar-refractivity contribution in [1.29, 1.82) is 0 Å². The molecule has 2 aromatic rings. The lowest BCUT2D eigenvalue weighted by molar-refractivity contribution is 0.310. The van der Waals surface area contributed by atoms with Gasteiger partial charge >= 0.3 is 0 Å². The fraction of sp³-hybridized carbons (Fsp3) is 0. The van der Waals surface area contributed by atoms with Crippen molar-refractivity contribution in [2.24, 2.45) is 5.10 Å². The lowest BCUT2D eigenvalue weighted by Gasteiger charge is -1.95. The molecule has 0 fully saturated rings. The third-order valence-electron chi connectivity index (χ3n) is 1.79. The summed E-state index contributed by atoms with van der Waals surface area (Å²) < 4.78 is 17.5. The molecule has 0 saturated heterocycles. The highest BCUT2D eigenvalue weighted by molar-refractivity contribution is 5.80. The molecular weight excluding hydrogens is 213 g/mol. The summed E-state index contributed by atoms with van der Waals surface area (Å²) in [4.78, 5) is 0. The average Bonchev–Trinajstić information content (AvgIpc) is 2.67. The van der Waals surface area contributed by atoms with E-state index in [1.165, 1.54) is 12.3 Å². The van der Waals surface area contributed by atoms with Crippen LogP contribution in [0.3, 0.4) is 0 Å². The van der Waals surface area contributed by atoms with Crippen molar-refractivity contribution < 1.29 is 9.02 Å². The molecule has 7 heteroatoms. The minimum atomic E-state index is -0.362. The van der Waals surface area contributed by atoms with Crippen molar-refractivity contribution in [3.05, 3.63) is 35.6 Å². The Kier molecular flexibility index (Phi) is 2.77. The molecule has 6 nitrogen and oxygen atoms in total. The number of nitrogens with zero attached hydrogens (tertiary/aromatic N) is 3. The molecule has 16 heavy (non-hydrogen) atoms. The molecule has 0 bridgehead atoms. The van der Waals surface area contributed by atoms with Gasteiger partial charge in [0.1, 0.15) is 5.82 Å². The second-order valence-corrected chi connectivity index (χ2v) is 2.89. The number of halogens is 1. The number of benzene rings is 1. The van der Waals surface area contributed by atoms with Crippen LogP contribution in [0.25, 0.3) is 0 Å². The van der Waals surface area contributed by atoms with Crippen molar-refractivity contribution in [3.8, 4) is 0 Å². The number of aromatic nitrogens is 2. The quantitative estimate of drug-likeness (QED) is 0.601. The van der Waals surface area contributed by atoms with Crippen molar-refractivity contribution in [1.82, 2.24) is 10.3 Å². The van der Waals surface area contributed by atoms with Crippen LogP contribution in [0.4, 0.5) is 16.0 Å². The van der Waals surface area contributed by atoms with Crippen LogP contribution in [-0.4, -0.2) is 16.5 Å². The maximum atomic E-state index is 13.1. The number of hydrogen-bond acceptors (Lipinski definition) is 6. The Hall–Kier alpha value is -2.44. The molecule has 0 radical (unpaired) electrons. The van der Waals surface area contributed by atoms with Crippen LogP contribution < -0.4 is 11.2 Å². The fourth-order valence-corrected chi connectivity index (χ4v) is 1.02. The Morgan fingerprint density at radius 3 is 2.88 bits per heavy atom. The monoisotopic (exact) mass is 221 g/mol. The van der Waals surface area contributed by atoms with Gasteiger partial charge < -0.3 is 5.73 Å². The Morgan fingerprint density at radius 2 is 2.19 bits per heavy atom. The number of hydrogen-bond donors (Lipinski definition) is 2.